The zero-order valence-corrected chi connectivity index (χ0v) is 9.41. The molecule has 0 bridgehead atoms. The predicted octanol–water partition coefficient (Wildman–Crippen LogP) is 0.727. The Morgan fingerprint density at radius 1 is 1.44 bits per heavy atom. The van der Waals surface area contributed by atoms with Crippen LogP contribution in [0.5, 0.6) is 0 Å². The maximum Gasteiger partial charge on any atom is 0.405 e. The first kappa shape index (κ1) is 14.2. The minimum absolute atomic E-state index is 0.0753. The van der Waals surface area contributed by atoms with Crippen LogP contribution < -0.4 is 10.6 Å². The summed E-state index contributed by atoms with van der Waals surface area (Å²) in [6, 6.07) is 2.74. The van der Waals surface area contributed by atoms with Gasteiger partial charge in [0.1, 0.15) is 18.2 Å². The number of aromatic nitrogens is 1. The Hall–Kier alpha value is -1.83. The summed E-state index contributed by atoms with van der Waals surface area (Å²) in [6.45, 7) is -1.78. The Balaban J connectivity index is 2.88. The molecule has 0 atom stereocenters. The third kappa shape index (κ3) is 4.21. The molecule has 0 radical (unpaired) electrons. The van der Waals surface area contributed by atoms with E-state index in [4.69, 9.17) is 16.2 Å². The molecule has 5 nitrogen and oxygen atoms in total. The van der Waals surface area contributed by atoms with Crippen LogP contribution in [0.2, 0.25) is 0 Å². The Labute approximate surface area is 102 Å². The topological polar surface area (TPSA) is 86.2 Å². The van der Waals surface area contributed by atoms with Gasteiger partial charge in [0.05, 0.1) is 6.61 Å². The summed E-state index contributed by atoms with van der Waals surface area (Å²) in [5.41, 5.74) is 5.54. The molecule has 8 heteroatoms. The zero-order valence-electron chi connectivity index (χ0n) is 9.41. The van der Waals surface area contributed by atoms with Gasteiger partial charge in [-0.25, -0.2) is 4.98 Å². The fraction of sp³-hybridized carbons (Fsp3) is 0.400. The van der Waals surface area contributed by atoms with Crippen LogP contribution in [0.4, 0.5) is 19.0 Å². The molecule has 0 unspecified atom stereocenters. The van der Waals surface area contributed by atoms with E-state index in [9.17, 15) is 13.2 Å². The number of nitrogens with one attached hydrogen (secondary N) is 1. The van der Waals surface area contributed by atoms with Crippen LogP contribution in [0.1, 0.15) is 5.56 Å². The smallest absolute Gasteiger partial charge is 0.395 e. The van der Waals surface area contributed by atoms with Crippen molar-refractivity contribution in [2.45, 2.75) is 6.18 Å². The number of rotatable bonds is 5. The lowest BCUT2D eigenvalue weighted by Gasteiger charge is -2.24. The first-order chi connectivity index (χ1) is 8.33. The fourth-order valence-corrected chi connectivity index (χ4v) is 1.34. The normalized spacial score (nSPS) is 11.3. The minimum Gasteiger partial charge on any atom is -0.395 e. The highest BCUT2D eigenvalue weighted by atomic mass is 19.4. The summed E-state index contributed by atoms with van der Waals surface area (Å²) < 4.78 is 37.0. The number of anilines is 1. The molecule has 0 saturated carbocycles. The average Bonchev–Trinajstić information content (AvgIpc) is 2.27. The molecule has 0 aliphatic carbocycles. The molecular formula is C10H13F3N4O. The van der Waals surface area contributed by atoms with E-state index in [1.165, 1.54) is 18.3 Å². The predicted molar refractivity (Wildman–Crippen MR) is 60.6 cm³/mol. The molecule has 0 saturated heterocycles. The lowest BCUT2D eigenvalue weighted by molar-refractivity contribution is -0.119. The Morgan fingerprint density at radius 3 is 2.50 bits per heavy atom. The van der Waals surface area contributed by atoms with Crippen LogP contribution in [0.3, 0.4) is 0 Å². The molecule has 18 heavy (non-hydrogen) atoms. The largest absolute Gasteiger partial charge is 0.405 e. The third-order valence-electron chi connectivity index (χ3n) is 2.12. The van der Waals surface area contributed by atoms with Gasteiger partial charge < -0.3 is 15.7 Å². The van der Waals surface area contributed by atoms with E-state index in [0.717, 1.165) is 4.90 Å². The summed E-state index contributed by atoms with van der Waals surface area (Å²) in [5.74, 6) is -0.134. The van der Waals surface area contributed by atoms with E-state index < -0.39 is 19.3 Å². The molecule has 4 N–H and O–H groups in total. The molecule has 0 aromatic carbocycles. The summed E-state index contributed by atoms with van der Waals surface area (Å²) in [4.78, 5) is 4.70. The van der Waals surface area contributed by atoms with Crippen LogP contribution in [0.15, 0.2) is 18.3 Å². The molecule has 0 aliphatic heterocycles. The molecule has 0 spiro atoms. The first-order valence-corrected chi connectivity index (χ1v) is 5.06. The number of alkyl halides is 3. The summed E-state index contributed by atoms with van der Waals surface area (Å²) in [5, 5.41) is 15.9. The second-order valence-electron chi connectivity index (χ2n) is 3.58. The van der Waals surface area contributed by atoms with E-state index in [-0.39, 0.29) is 18.2 Å². The molecule has 0 amide bonds. The van der Waals surface area contributed by atoms with Crippen LogP contribution >= 0.6 is 0 Å². The molecule has 0 fully saturated rings. The molecule has 0 aliphatic rings. The van der Waals surface area contributed by atoms with Crippen LogP contribution in [0, 0.1) is 5.41 Å². The van der Waals surface area contributed by atoms with Gasteiger partial charge in [0, 0.05) is 18.3 Å². The number of nitrogens with zero attached hydrogens (tertiary/aromatic N) is 2. The van der Waals surface area contributed by atoms with E-state index >= 15 is 0 Å². The van der Waals surface area contributed by atoms with Crippen LogP contribution in [-0.4, -0.2) is 41.8 Å². The maximum absolute atomic E-state index is 12.3. The maximum atomic E-state index is 12.3. The van der Waals surface area contributed by atoms with Gasteiger partial charge in [-0.05, 0) is 12.1 Å². The number of aliphatic hydroxyl groups is 1. The van der Waals surface area contributed by atoms with Crippen molar-refractivity contribution in [3.63, 3.8) is 0 Å². The van der Waals surface area contributed by atoms with Crippen molar-refractivity contribution < 1.29 is 18.3 Å². The first-order valence-electron chi connectivity index (χ1n) is 5.06. The van der Waals surface area contributed by atoms with Gasteiger partial charge in [-0.2, -0.15) is 13.2 Å². The fourth-order valence-electron chi connectivity index (χ4n) is 1.34. The average molecular weight is 262 g/mol. The third-order valence-corrected chi connectivity index (χ3v) is 2.12. The van der Waals surface area contributed by atoms with Gasteiger partial charge in [0.25, 0.3) is 0 Å². The van der Waals surface area contributed by atoms with E-state index in [2.05, 4.69) is 4.98 Å². The SMILES string of the molecule is N=C(N)c1ccc(N(CCO)CC(F)(F)F)nc1. The number of aliphatic hydroxyl groups excluding tert-OH is 1. The lowest BCUT2D eigenvalue weighted by Crippen LogP contribution is -2.36. The summed E-state index contributed by atoms with van der Waals surface area (Å²) in [6.07, 6.45) is -3.16. The summed E-state index contributed by atoms with van der Waals surface area (Å²) in [7, 11) is 0. The number of amidine groups is 1. The number of hydrogen-bond acceptors (Lipinski definition) is 4. The number of nitrogens with two attached hydrogens (primary N) is 1. The molecule has 100 valence electrons. The number of pyridine rings is 1. The monoisotopic (exact) mass is 262 g/mol. The second-order valence-corrected chi connectivity index (χ2v) is 3.58. The Morgan fingerprint density at radius 2 is 2.11 bits per heavy atom. The van der Waals surface area contributed by atoms with Crippen molar-refractivity contribution in [2.75, 3.05) is 24.6 Å². The number of nitrogen functional groups attached to an aromatic ring is 1. The quantitative estimate of drug-likeness (QED) is 0.539. The van der Waals surface area contributed by atoms with Gasteiger partial charge in [-0.15, -0.1) is 0 Å². The van der Waals surface area contributed by atoms with Crippen molar-refractivity contribution in [3.8, 4) is 0 Å². The molecule has 1 heterocycles. The van der Waals surface area contributed by atoms with Crippen LogP contribution in [-0.2, 0) is 0 Å². The number of hydrogen-bond donors (Lipinski definition) is 3. The van der Waals surface area contributed by atoms with Gasteiger partial charge in [0.15, 0.2) is 0 Å². The molecule has 1 rings (SSSR count). The second kappa shape index (κ2) is 5.67. The van der Waals surface area contributed by atoms with Crippen molar-refractivity contribution in [1.29, 1.82) is 5.41 Å². The Kier molecular flexibility index (Phi) is 4.49. The highest BCUT2D eigenvalue weighted by Gasteiger charge is 2.31. The molecule has 1 aromatic rings. The molecular weight excluding hydrogens is 249 g/mol. The van der Waals surface area contributed by atoms with Crippen LogP contribution in [0.25, 0.3) is 0 Å². The van der Waals surface area contributed by atoms with E-state index in [0.29, 0.717) is 5.56 Å². The Bertz CT molecular complexity index is 405. The zero-order chi connectivity index (χ0) is 13.8. The standard InChI is InChI=1S/C10H13F3N4O/c11-10(12,13)6-17(3-4-18)8-2-1-7(5-16-8)9(14)15/h1-2,5,18H,3-4,6H2,(H3,14,15). The van der Waals surface area contributed by atoms with Gasteiger partial charge in [-0.1, -0.05) is 0 Å². The van der Waals surface area contributed by atoms with E-state index in [1.54, 1.807) is 0 Å². The van der Waals surface area contributed by atoms with Gasteiger partial charge >= 0.3 is 6.18 Å². The minimum atomic E-state index is -4.38. The summed E-state index contributed by atoms with van der Waals surface area (Å²) >= 11 is 0. The molecule has 1 aromatic heterocycles. The highest BCUT2D eigenvalue weighted by molar-refractivity contribution is 5.94. The van der Waals surface area contributed by atoms with Crippen molar-refractivity contribution >= 4 is 11.7 Å². The van der Waals surface area contributed by atoms with Crippen molar-refractivity contribution in [3.05, 3.63) is 23.9 Å². The van der Waals surface area contributed by atoms with Crippen molar-refractivity contribution in [1.82, 2.24) is 4.98 Å². The number of halogens is 3. The lowest BCUT2D eigenvalue weighted by atomic mass is 10.2. The highest BCUT2D eigenvalue weighted by Crippen LogP contribution is 2.20. The van der Waals surface area contributed by atoms with Gasteiger partial charge in [-0.3, -0.25) is 5.41 Å². The van der Waals surface area contributed by atoms with Gasteiger partial charge in [0.2, 0.25) is 0 Å². The van der Waals surface area contributed by atoms with E-state index in [1.807, 2.05) is 0 Å². The van der Waals surface area contributed by atoms with Crippen molar-refractivity contribution in [2.24, 2.45) is 5.73 Å².